The number of hydrogen-bond acceptors (Lipinski definition) is 6. The molecule has 4 amide bonds. The van der Waals surface area contributed by atoms with Crippen molar-refractivity contribution in [3.63, 3.8) is 0 Å². The number of carbonyl (C=O) groups is 2. The Balaban J connectivity index is 3.06. The maximum absolute atomic E-state index is 10.7. The lowest BCUT2D eigenvalue weighted by Gasteiger charge is -2.07. The fourth-order valence-corrected chi connectivity index (χ4v) is 0.858. The lowest BCUT2D eigenvalue weighted by atomic mass is 10.7. The first-order valence-electron chi connectivity index (χ1n) is 6.05. The van der Waals surface area contributed by atoms with Crippen LogP contribution in [0.15, 0.2) is 0 Å². The lowest BCUT2D eigenvalue weighted by molar-refractivity contribution is -0.0235. The van der Waals surface area contributed by atoms with Gasteiger partial charge in [0.05, 0.1) is 39.6 Å². The molecule has 0 spiro atoms. The van der Waals surface area contributed by atoms with E-state index in [4.69, 9.17) is 19.1 Å². The molecule has 0 saturated carbocycles. The Hall–Kier alpha value is -1.62. The molecule has 0 rings (SSSR count). The largest absolute Gasteiger partial charge is 0.377 e. The topological polar surface area (TPSA) is 119 Å². The van der Waals surface area contributed by atoms with Crippen molar-refractivity contribution in [3.05, 3.63) is 0 Å². The molecule has 20 heavy (non-hydrogen) atoms. The first-order chi connectivity index (χ1) is 9.70. The average molecular weight is 294 g/mol. The predicted octanol–water partition coefficient (Wildman–Crippen LogP) is -1.26. The van der Waals surface area contributed by atoms with Gasteiger partial charge < -0.3 is 20.1 Å². The van der Waals surface area contributed by atoms with Crippen molar-refractivity contribution in [3.8, 4) is 0 Å². The first-order valence-corrected chi connectivity index (χ1v) is 6.05. The Morgan fingerprint density at radius 1 is 0.700 bits per heavy atom. The summed E-state index contributed by atoms with van der Waals surface area (Å²) in [5.74, 6) is 0. The number of hydroxylamine groups is 2. The summed E-state index contributed by atoms with van der Waals surface area (Å²) in [6.45, 7) is 1.95. The van der Waals surface area contributed by atoms with E-state index < -0.39 is 12.1 Å². The van der Waals surface area contributed by atoms with Crippen LogP contribution in [0.1, 0.15) is 0 Å². The van der Waals surface area contributed by atoms with Crippen LogP contribution in [0, 0.1) is 0 Å². The second-order valence-electron chi connectivity index (χ2n) is 3.28. The van der Waals surface area contributed by atoms with Crippen LogP contribution in [0.2, 0.25) is 0 Å². The van der Waals surface area contributed by atoms with Crippen molar-refractivity contribution >= 4 is 12.1 Å². The number of amides is 4. The van der Waals surface area contributed by atoms with Crippen molar-refractivity contribution in [2.45, 2.75) is 0 Å². The molecule has 0 atom stereocenters. The van der Waals surface area contributed by atoms with Crippen LogP contribution in [-0.4, -0.2) is 65.8 Å². The fraction of sp³-hybridized carbons (Fsp3) is 0.800. The van der Waals surface area contributed by atoms with Gasteiger partial charge in [0.1, 0.15) is 0 Å². The monoisotopic (exact) mass is 294 g/mol. The smallest absolute Gasteiger partial charge is 0.338 e. The number of nitrogens with one attached hydrogen (secondary N) is 4. The number of hydrogen-bond donors (Lipinski definition) is 4. The highest BCUT2D eigenvalue weighted by atomic mass is 16.7. The van der Waals surface area contributed by atoms with Crippen LogP contribution in [0.5, 0.6) is 0 Å². The van der Waals surface area contributed by atoms with Gasteiger partial charge in [-0.2, -0.15) is 0 Å². The second kappa shape index (κ2) is 13.8. The summed E-state index contributed by atoms with van der Waals surface area (Å²) in [5.41, 5.74) is 4.31. The van der Waals surface area contributed by atoms with Gasteiger partial charge in [-0.15, -0.1) is 0 Å². The zero-order valence-corrected chi connectivity index (χ0v) is 11.7. The summed E-state index contributed by atoms with van der Waals surface area (Å²) in [5, 5.41) is 4.67. The quantitative estimate of drug-likeness (QED) is 0.279. The van der Waals surface area contributed by atoms with Gasteiger partial charge >= 0.3 is 12.1 Å². The SMILES string of the molecule is CNC(=O)NOCCOCCOCCONC(=O)NC. The molecular weight excluding hydrogens is 272 g/mol. The summed E-state index contributed by atoms with van der Waals surface area (Å²) in [6, 6.07) is -0.836. The maximum atomic E-state index is 10.7. The van der Waals surface area contributed by atoms with E-state index in [9.17, 15) is 9.59 Å². The van der Waals surface area contributed by atoms with Crippen LogP contribution in [0.25, 0.3) is 0 Å². The summed E-state index contributed by atoms with van der Waals surface area (Å²) in [6.07, 6.45) is 0. The molecule has 0 aliphatic heterocycles. The third-order valence-corrected chi connectivity index (χ3v) is 1.82. The Bertz CT molecular complexity index is 240. The maximum Gasteiger partial charge on any atom is 0.338 e. The van der Waals surface area contributed by atoms with Gasteiger partial charge in [-0.05, 0) is 0 Å². The third kappa shape index (κ3) is 12.8. The molecule has 0 unspecified atom stereocenters. The minimum absolute atomic E-state index is 0.243. The van der Waals surface area contributed by atoms with E-state index in [0.717, 1.165) is 0 Å². The van der Waals surface area contributed by atoms with Crippen molar-refractivity contribution in [2.75, 3.05) is 53.7 Å². The summed E-state index contributed by atoms with van der Waals surface area (Å²) >= 11 is 0. The molecule has 0 aliphatic rings. The molecule has 0 bridgehead atoms. The molecule has 118 valence electrons. The number of urea groups is 2. The van der Waals surface area contributed by atoms with E-state index in [1.165, 1.54) is 14.1 Å². The van der Waals surface area contributed by atoms with E-state index in [1.54, 1.807) is 0 Å². The predicted molar refractivity (Wildman–Crippen MR) is 68.7 cm³/mol. The van der Waals surface area contributed by atoms with E-state index >= 15 is 0 Å². The zero-order valence-electron chi connectivity index (χ0n) is 11.7. The minimum atomic E-state index is -0.418. The lowest BCUT2D eigenvalue weighted by Crippen LogP contribution is -2.33. The summed E-state index contributed by atoms with van der Waals surface area (Å²) < 4.78 is 10.3. The van der Waals surface area contributed by atoms with E-state index in [0.29, 0.717) is 26.4 Å². The van der Waals surface area contributed by atoms with Crippen LogP contribution >= 0.6 is 0 Å². The molecule has 0 saturated heterocycles. The van der Waals surface area contributed by atoms with Gasteiger partial charge in [0, 0.05) is 14.1 Å². The van der Waals surface area contributed by atoms with Crippen LogP contribution in [0.4, 0.5) is 9.59 Å². The van der Waals surface area contributed by atoms with Crippen LogP contribution in [0.3, 0.4) is 0 Å². The van der Waals surface area contributed by atoms with Gasteiger partial charge in [0.2, 0.25) is 0 Å². The Labute approximate surface area is 117 Å². The molecule has 0 heterocycles. The number of carbonyl (C=O) groups excluding carboxylic acids is 2. The number of ether oxygens (including phenoxy) is 2. The molecular formula is C10H22N4O6. The molecule has 0 fully saturated rings. The highest BCUT2D eigenvalue weighted by molar-refractivity contribution is 5.72. The minimum Gasteiger partial charge on any atom is -0.377 e. The molecule has 10 heteroatoms. The highest BCUT2D eigenvalue weighted by Gasteiger charge is 1.96. The summed E-state index contributed by atoms with van der Waals surface area (Å²) in [7, 11) is 2.97. The van der Waals surface area contributed by atoms with Crippen molar-refractivity contribution in [1.29, 1.82) is 0 Å². The van der Waals surface area contributed by atoms with Crippen molar-refractivity contribution in [1.82, 2.24) is 21.6 Å². The Kier molecular flexibility index (Phi) is 12.7. The molecule has 0 aromatic heterocycles. The van der Waals surface area contributed by atoms with Gasteiger partial charge in [0.15, 0.2) is 0 Å². The average Bonchev–Trinajstić information content (AvgIpc) is 2.47. The van der Waals surface area contributed by atoms with Gasteiger partial charge in [-0.3, -0.25) is 9.68 Å². The highest BCUT2D eigenvalue weighted by Crippen LogP contribution is 1.80. The van der Waals surface area contributed by atoms with E-state index in [-0.39, 0.29) is 13.2 Å². The Morgan fingerprint density at radius 3 is 1.40 bits per heavy atom. The molecule has 0 aromatic carbocycles. The van der Waals surface area contributed by atoms with Gasteiger partial charge in [-0.25, -0.2) is 20.5 Å². The molecule has 0 aliphatic carbocycles. The first kappa shape index (κ1) is 18.4. The molecule has 4 N–H and O–H groups in total. The van der Waals surface area contributed by atoms with Gasteiger partial charge in [-0.1, -0.05) is 0 Å². The van der Waals surface area contributed by atoms with Crippen LogP contribution < -0.4 is 21.6 Å². The van der Waals surface area contributed by atoms with Crippen molar-refractivity contribution < 1.29 is 28.7 Å². The Morgan fingerprint density at radius 2 is 1.05 bits per heavy atom. The molecule has 0 radical (unpaired) electrons. The summed E-state index contributed by atoms with van der Waals surface area (Å²) in [4.78, 5) is 30.9. The van der Waals surface area contributed by atoms with E-state index in [1.807, 2.05) is 0 Å². The normalized spacial score (nSPS) is 9.90. The van der Waals surface area contributed by atoms with Gasteiger partial charge in [0.25, 0.3) is 0 Å². The fourth-order valence-electron chi connectivity index (χ4n) is 0.858. The standard InChI is InChI=1S/C10H22N4O6/c1-11-9(15)13-19-7-5-17-3-4-18-6-8-20-14-10(16)12-2/h3-8H2,1-2H3,(H2,11,13,15)(H2,12,14,16). The number of rotatable bonds is 11. The van der Waals surface area contributed by atoms with Crippen molar-refractivity contribution in [2.24, 2.45) is 0 Å². The molecule has 0 aromatic rings. The third-order valence-electron chi connectivity index (χ3n) is 1.82. The van der Waals surface area contributed by atoms with E-state index in [2.05, 4.69) is 21.6 Å². The zero-order chi connectivity index (χ0) is 15.1. The molecule has 10 nitrogen and oxygen atoms in total. The second-order valence-corrected chi connectivity index (χ2v) is 3.28. The van der Waals surface area contributed by atoms with Crippen LogP contribution in [-0.2, 0) is 19.1 Å².